The van der Waals surface area contributed by atoms with Crippen molar-refractivity contribution in [1.29, 1.82) is 0 Å². The Morgan fingerprint density at radius 1 is 1.28 bits per heavy atom. The van der Waals surface area contributed by atoms with Crippen LogP contribution in [0.4, 0.5) is 0 Å². The van der Waals surface area contributed by atoms with Crippen LogP contribution >= 0.6 is 10.5 Å². The summed E-state index contributed by atoms with van der Waals surface area (Å²) in [6.45, 7) is 2.50. The molecule has 1 aromatic heterocycles. The minimum Gasteiger partial charge on any atom is -0.464 e. The fourth-order valence-electron chi connectivity index (χ4n) is 2.79. The summed E-state index contributed by atoms with van der Waals surface area (Å²) in [6.07, 6.45) is 6.95. The zero-order valence-corrected chi connectivity index (χ0v) is 14.4. The minimum absolute atomic E-state index is 0.00847. The fraction of sp³-hybridized carbons (Fsp3) is 0.211. The van der Waals surface area contributed by atoms with Crippen LogP contribution in [-0.2, 0) is 9.53 Å². The van der Waals surface area contributed by atoms with Crippen LogP contribution in [0.15, 0.2) is 51.6 Å². The van der Waals surface area contributed by atoms with Gasteiger partial charge in [-0.05, 0) is 34.5 Å². The molecule has 128 valence electrons. The molecule has 0 aliphatic carbocycles. The molecule has 2 aliphatic rings. The first-order valence-electron chi connectivity index (χ1n) is 8.11. The maximum Gasteiger partial charge on any atom is 0.246 e. The van der Waals surface area contributed by atoms with E-state index in [9.17, 15) is 4.79 Å². The second kappa shape index (κ2) is 7.21. The molecular formula is C19H18N2O3S. The van der Waals surface area contributed by atoms with E-state index in [1.165, 1.54) is 0 Å². The molecule has 1 saturated heterocycles. The average molecular weight is 354 g/mol. The molecule has 2 aliphatic heterocycles. The first kappa shape index (κ1) is 16.1. The number of hydrogen-bond acceptors (Lipinski definition) is 4. The number of amides is 1. The third-order valence-electron chi connectivity index (χ3n) is 4.11. The maximum atomic E-state index is 12.3. The van der Waals surface area contributed by atoms with Crippen molar-refractivity contribution in [2.75, 3.05) is 26.3 Å². The summed E-state index contributed by atoms with van der Waals surface area (Å²) in [5.74, 6) is 0.00847. The van der Waals surface area contributed by atoms with Crippen molar-refractivity contribution >= 4 is 44.4 Å². The molecule has 1 unspecified atom stereocenters. The lowest BCUT2D eigenvalue weighted by Crippen LogP contribution is -2.39. The van der Waals surface area contributed by atoms with Crippen LogP contribution in [0.3, 0.4) is 0 Å². The molecule has 1 amide bonds. The van der Waals surface area contributed by atoms with E-state index in [2.05, 4.69) is 21.8 Å². The Morgan fingerprint density at radius 2 is 2.16 bits per heavy atom. The van der Waals surface area contributed by atoms with E-state index in [0.717, 1.165) is 22.1 Å². The van der Waals surface area contributed by atoms with E-state index < -0.39 is 0 Å². The van der Waals surface area contributed by atoms with Gasteiger partial charge in [0.25, 0.3) is 0 Å². The first-order valence-corrected chi connectivity index (χ1v) is 9.52. The first-order chi connectivity index (χ1) is 12.3. The van der Waals surface area contributed by atoms with Crippen LogP contribution in [0.1, 0.15) is 11.1 Å². The second-order valence-electron chi connectivity index (χ2n) is 5.78. The van der Waals surface area contributed by atoms with E-state index in [0.29, 0.717) is 26.3 Å². The number of carbonyl (C=O) groups excluding carboxylic acids is 1. The van der Waals surface area contributed by atoms with Gasteiger partial charge in [-0.15, -0.1) is 10.5 Å². The zero-order chi connectivity index (χ0) is 17.1. The summed E-state index contributed by atoms with van der Waals surface area (Å²) in [7, 11) is -0.0486. The Balaban J connectivity index is 1.57. The molecule has 4 rings (SSSR count). The van der Waals surface area contributed by atoms with E-state index in [1.807, 2.05) is 30.0 Å². The lowest BCUT2D eigenvalue weighted by molar-refractivity contribution is -0.129. The summed E-state index contributed by atoms with van der Waals surface area (Å²) in [5, 5.41) is 5.25. The van der Waals surface area contributed by atoms with Gasteiger partial charge >= 0.3 is 0 Å². The quantitative estimate of drug-likeness (QED) is 0.628. The predicted octanol–water partition coefficient (Wildman–Crippen LogP) is 3.24. The Kier molecular flexibility index (Phi) is 4.63. The van der Waals surface area contributed by atoms with Crippen molar-refractivity contribution in [3.05, 3.63) is 53.3 Å². The molecule has 0 N–H and O–H groups in total. The highest BCUT2D eigenvalue weighted by atomic mass is 32.2. The molecule has 1 fully saturated rings. The average Bonchev–Trinajstić information content (AvgIpc) is 3.30. The van der Waals surface area contributed by atoms with Gasteiger partial charge in [-0.25, -0.2) is 0 Å². The van der Waals surface area contributed by atoms with Crippen LogP contribution < -0.4 is 0 Å². The summed E-state index contributed by atoms with van der Waals surface area (Å²) >= 11 is 0. The van der Waals surface area contributed by atoms with Crippen molar-refractivity contribution in [2.24, 2.45) is 4.99 Å². The summed E-state index contributed by atoms with van der Waals surface area (Å²) in [4.78, 5) is 18.2. The monoisotopic (exact) mass is 354 g/mol. The van der Waals surface area contributed by atoms with Crippen molar-refractivity contribution in [3.63, 3.8) is 0 Å². The number of hydrogen-bond donors (Lipinski definition) is 0. The highest BCUT2D eigenvalue weighted by Gasteiger charge is 2.14. The van der Waals surface area contributed by atoms with Gasteiger partial charge in [-0.1, -0.05) is 6.07 Å². The molecule has 6 heteroatoms. The molecule has 0 saturated carbocycles. The van der Waals surface area contributed by atoms with Crippen LogP contribution in [-0.4, -0.2) is 48.0 Å². The van der Waals surface area contributed by atoms with Gasteiger partial charge in [0.05, 0.1) is 25.0 Å². The molecule has 25 heavy (non-hydrogen) atoms. The molecule has 1 aromatic carbocycles. The van der Waals surface area contributed by atoms with E-state index in [1.54, 1.807) is 17.2 Å². The number of carbonyl (C=O) groups is 1. The molecule has 0 bridgehead atoms. The van der Waals surface area contributed by atoms with Crippen LogP contribution in [0.2, 0.25) is 0 Å². The molecule has 5 nitrogen and oxygen atoms in total. The fourth-order valence-corrected chi connectivity index (χ4v) is 3.88. The van der Waals surface area contributed by atoms with Gasteiger partial charge in [0.15, 0.2) is 0 Å². The van der Waals surface area contributed by atoms with Gasteiger partial charge < -0.3 is 14.1 Å². The van der Waals surface area contributed by atoms with E-state index in [-0.39, 0.29) is 16.4 Å². The van der Waals surface area contributed by atoms with Gasteiger partial charge in [0.1, 0.15) is 5.58 Å². The van der Waals surface area contributed by atoms with Gasteiger partial charge in [0.2, 0.25) is 5.91 Å². The third kappa shape index (κ3) is 3.65. The zero-order valence-electron chi connectivity index (χ0n) is 13.6. The number of nitrogens with zero attached hydrogens (tertiary/aromatic N) is 2. The van der Waals surface area contributed by atoms with Gasteiger partial charge in [-0.2, -0.15) is 0 Å². The van der Waals surface area contributed by atoms with Crippen LogP contribution in [0.5, 0.6) is 0 Å². The molecule has 0 spiro atoms. The molecule has 1 atom stereocenters. The SMILES string of the molecule is O=C(C=Cc1coc2ccc(C=S3C=CN=C3)cc12)N1CCOCC1. The van der Waals surface area contributed by atoms with Crippen LogP contribution in [0, 0.1) is 0 Å². The molecule has 2 aromatic rings. The Hall–Kier alpha value is -2.44. The van der Waals surface area contributed by atoms with Crippen molar-refractivity contribution in [2.45, 2.75) is 0 Å². The summed E-state index contributed by atoms with van der Waals surface area (Å²) < 4.78 is 10.9. The number of morpholine rings is 1. The Morgan fingerprint density at radius 3 is 2.96 bits per heavy atom. The molecule has 0 radical (unpaired) electrons. The minimum atomic E-state index is -0.0486. The van der Waals surface area contributed by atoms with Gasteiger partial charge in [0, 0.05) is 36.3 Å². The molecular weight excluding hydrogens is 336 g/mol. The molecule has 3 heterocycles. The van der Waals surface area contributed by atoms with Crippen LogP contribution in [0.25, 0.3) is 17.0 Å². The third-order valence-corrected chi connectivity index (χ3v) is 5.46. The lowest BCUT2D eigenvalue weighted by Gasteiger charge is -2.25. The summed E-state index contributed by atoms with van der Waals surface area (Å²) in [6, 6.07) is 6.08. The second-order valence-corrected chi connectivity index (χ2v) is 7.32. The smallest absolute Gasteiger partial charge is 0.246 e. The Labute approximate surface area is 148 Å². The maximum absolute atomic E-state index is 12.3. The number of fused-ring (bicyclic) bond motifs is 1. The van der Waals surface area contributed by atoms with Crippen molar-refractivity contribution < 1.29 is 13.9 Å². The van der Waals surface area contributed by atoms with E-state index >= 15 is 0 Å². The number of rotatable bonds is 3. The largest absolute Gasteiger partial charge is 0.464 e. The predicted molar refractivity (Wildman–Crippen MR) is 103 cm³/mol. The number of furan rings is 1. The number of ether oxygens (including phenoxy) is 1. The lowest BCUT2D eigenvalue weighted by atomic mass is 10.1. The normalized spacial score (nSPS) is 20.3. The van der Waals surface area contributed by atoms with Crippen molar-refractivity contribution in [1.82, 2.24) is 4.90 Å². The highest BCUT2D eigenvalue weighted by molar-refractivity contribution is 8.29. The van der Waals surface area contributed by atoms with E-state index in [4.69, 9.17) is 9.15 Å². The van der Waals surface area contributed by atoms with Crippen molar-refractivity contribution in [3.8, 4) is 0 Å². The Bertz CT molecular complexity index is 904. The van der Waals surface area contributed by atoms with Gasteiger partial charge in [-0.3, -0.25) is 9.79 Å². The standard InChI is InChI=1S/C19H18N2O3S/c22-19(21-6-8-23-9-7-21)4-2-16-12-24-18-3-1-15(11-17(16)18)13-25-10-5-20-14-25/h1-5,10-14H,6-9H2. The topological polar surface area (TPSA) is 55.0 Å². The summed E-state index contributed by atoms with van der Waals surface area (Å²) in [5.41, 5.74) is 4.77. The number of aliphatic imine (C=N–C) groups is 1. The highest BCUT2D eigenvalue weighted by Crippen LogP contribution is 2.25. The number of benzene rings is 1.